The first-order chi connectivity index (χ1) is 66.0. The minimum Gasteiger partial charge on any atom is -0.469 e. The van der Waals surface area contributed by atoms with Crippen LogP contribution < -0.4 is 54.5 Å². The number of benzene rings is 4. The Morgan fingerprint density at radius 3 is 0.797 bits per heavy atom. The van der Waals surface area contributed by atoms with Gasteiger partial charge in [-0.25, -0.2) is 30.8 Å². The van der Waals surface area contributed by atoms with E-state index >= 15 is 0 Å². The zero-order valence-corrected chi connectivity index (χ0v) is 79.3. The summed E-state index contributed by atoms with van der Waals surface area (Å²) in [5.74, 6) is -6.44. The van der Waals surface area contributed by atoms with E-state index in [4.69, 9.17) is 69.7 Å². The molecule has 0 aromatic heterocycles. The van der Waals surface area contributed by atoms with Gasteiger partial charge in [-0.05, 0) is 49.9 Å². The van der Waals surface area contributed by atoms with Gasteiger partial charge in [0, 0.05) is 51.9 Å². The van der Waals surface area contributed by atoms with Crippen molar-refractivity contribution in [2.45, 2.75) is 154 Å². The minimum atomic E-state index is -1.33. The number of nitrogens with one attached hydrogen (secondary N) is 8. The Balaban J connectivity index is 0.000000878. The van der Waals surface area contributed by atoms with Gasteiger partial charge in [-0.1, -0.05) is 119 Å². The topological polar surface area (TPSA) is 663 Å². The van der Waals surface area contributed by atoms with Gasteiger partial charge in [0.05, 0.1) is 225 Å². The van der Waals surface area contributed by atoms with E-state index in [0.717, 1.165) is 33.4 Å². The highest BCUT2D eigenvalue weighted by molar-refractivity contribution is 6.02. The van der Waals surface area contributed by atoms with Gasteiger partial charge >= 0.3 is 60.4 Å². The van der Waals surface area contributed by atoms with Crippen molar-refractivity contribution < 1.29 is 178 Å². The first-order valence-electron chi connectivity index (χ1n) is 43.0. The van der Waals surface area contributed by atoms with Crippen molar-refractivity contribution in [2.24, 2.45) is 11.5 Å². The van der Waals surface area contributed by atoms with Crippen molar-refractivity contribution >= 4 is 102 Å². The van der Waals surface area contributed by atoms with Crippen LogP contribution in [0, 0.1) is 27.7 Å². The maximum atomic E-state index is 12.8. The Morgan fingerprint density at radius 1 is 0.341 bits per heavy atom. The average molecular weight is 1960 g/mol. The number of imide groups is 2. The number of ether oxygens (including phenoxy) is 15. The number of hydrogen-bond donors (Lipinski definition) is 13. The fourth-order valence-corrected chi connectivity index (χ4v) is 10.7. The second kappa shape index (κ2) is 73.4. The quantitative estimate of drug-likeness (QED) is 0.00571. The van der Waals surface area contributed by atoms with Gasteiger partial charge in [0.25, 0.3) is 23.6 Å². The van der Waals surface area contributed by atoms with Crippen LogP contribution in [0.15, 0.2) is 97.1 Å². The van der Waals surface area contributed by atoms with Gasteiger partial charge in [0.2, 0.25) is 17.7 Å². The molecule has 12 amide bonds. The number of carbonyl (C=O) groups excluding carboxylic acids is 17. The Morgan fingerprint density at radius 2 is 0.565 bits per heavy atom. The van der Waals surface area contributed by atoms with Gasteiger partial charge in [-0.15, -0.1) is 10.1 Å². The van der Waals surface area contributed by atoms with E-state index in [1.807, 2.05) is 93.6 Å². The SMILES string of the molecule is COC(=O)CCOCC(COCCC(=O)OC)(COCCC(=O)OC)NC(=O)NCc1ccc(C)cc1.COC(=O)CCOCC(N)(COCCC(=O)OC)COCCC(=O)OC.Cc1ccc(CN)cc1.Cc1ccc(CNC(=O)NC(COCCC(=O)NO)(COCCC(=O)NO)COCCC(=O)NO)cc1.Cc1ccc(CNC(=O)ON2C(=O)CCC2=O)cc1.O=CON1C(=O)CCC1=O. The number of hydrogen-bond acceptors (Lipinski definition) is 39. The molecule has 0 atom stereocenters. The zero-order valence-electron chi connectivity index (χ0n) is 79.3. The molecule has 15 N–H and O–H groups in total. The smallest absolute Gasteiger partial charge is 0.432 e. The van der Waals surface area contributed by atoms with Gasteiger partial charge in [-0.2, -0.15) is 0 Å². The molecule has 2 aliphatic rings. The summed E-state index contributed by atoms with van der Waals surface area (Å²) in [7, 11) is 7.70. The van der Waals surface area contributed by atoms with E-state index in [0.29, 0.717) is 16.7 Å². The summed E-state index contributed by atoms with van der Waals surface area (Å²) in [5, 5.41) is 40.5. The Kier molecular flexibility index (Phi) is 65.5. The number of rotatable bonds is 57. The molecule has 4 aromatic rings. The van der Waals surface area contributed by atoms with Crippen LogP contribution in [0.3, 0.4) is 0 Å². The first-order valence-corrected chi connectivity index (χ1v) is 43.0. The molecule has 2 heterocycles. The molecular formula is C89H132N12O37. The molecule has 2 fully saturated rings. The molecule has 2 aliphatic heterocycles. The van der Waals surface area contributed by atoms with Crippen LogP contribution in [-0.4, -0.2) is 306 Å². The molecule has 0 aliphatic carbocycles. The molecule has 2 saturated heterocycles. The predicted molar refractivity (Wildman–Crippen MR) is 479 cm³/mol. The highest BCUT2D eigenvalue weighted by Crippen LogP contribution is 2.18. The summed E-state index contributed by atoms with van der Waals surface area (Å²) >= 11 is 0. The predicted octanol–water partition coefficient (Wildman–Crippen LogP) is 1.93. The van der Waals surface area contributed by atoms with Crippen LogP contribution in [0.5, 0.6) is 0 Å². The first kappa shape index (κ1) is 123. The molecule has 49 heteroatoms. The number of esters is 6. The maximum Gasteiger partial charge on any atom is 0.432 e. The number of urea groups is 2. The van der Waals surface area contributed by atoms with Gasteiger partial charge in [0.15, 0.2) is 0 Å². The van der Waals surface area contributed by atoms with Crippen molar-refractivity contribution in [3.63, 3.8) is 0 Å². The Hall–Kier alpha value is -12.9. The fourth-order valence-electron chi connectivity index (χ4n) is 10.7. The summed E-state index contributed by atoms with van der Waals surface area (Å²) in [6, 6.07) is 30.0. The molecule has 6 rings (SSSR count). The van der Waals surface area contributed by atoms with E-state index in [9.17, 15) is 81.5 Å². The normalized spacial score (nSPS) is 11.9. The third-order valence-electron chi connectivity index (χ3n) is 18.5. The van der Waals surface area contributed by atoms with Crippen LogP contribution in [0.25, 0.3) is 0 Å². The van der Waals surface area contributed by atoms with Crippen molar-refractivity contribution in [1.29, 1.82) is 0 Å². The number of methoxy groups -OCH3 is 6. The van der Waals surface area contributed by atoms with Crippen LogP contribution in [0.4, 0.5) is 14.4 Å². The van der Waals surface area contributed by atoms with Gasteiger partial charge in [-0.3, -0.25) is 82.7 Å². The van der Waals surface area contributed by atoms with Gasteiger partial charge < -0.3 is 119 Å². The van der Waals surface area contributed by atoms with E-state index in [1.165, 1.54) is 70.2 Å². The molecular weight excluding hydrogens is 1830 g/mol. The monoisotopic (exact) mass is 1960 g/mol. The fraction of sp³-hybridized carbons (Fsp3) is 0.539. The molecule has 0 radical (unpaired) electrons. The standard InChI is InChI=1S/C25H38N2O10.C22H35N5O10.C16H29NO9.C13H14N2O4.C8H11N.C5H5NO4/c1-19-5-7-20(8-6-19)15-26-24(31)27-25(16-35-12-9-21(28)32-2,17-36-13-10-22(29)33-3)18-37-14-11-23(30)34-4;1-16-2-4-17(5-3-16)12-23-21(31)24-22(13-35-9-6-18(28)25-32,14-36-10-7-19(29)26-33)15-37-11-8-20(30)27-34;1-21-13(18)4-7-24-10-16(17,11-25-8-5-14(19)22-2)12-26-9-6-15(20)23-3;1-9-2-4-10(5-3-9)8-14-13(18)19-15-11(16)6-7-12(15)17;1-7-2-4-8(6-9)5-3-7;7-3-10-6-4(8)1-2-5(6)9/h5-8H,9-18H2,1-4H3,(H2,26,27,31);2-5,32-34H,6-15H2,1H3,(H,25,28)(H,26,29)(H,27,30)(H2,23,24,31);4-12,17H2,1-3H3;2-5H,6-8H2,1H3,(H,14,18);2-5H,6,9H2,1H3;3H,1-2H2. The maximum absolute atomic E-state index is 12.8. The largest absolute Gasteiger partial charge is 0.469 e. The van der Waals surface area contributed by atoms with Crippen molar-refractivity contribution in [3.8, 4) is 0 Å². The molecule has 770 valence electrons. The lowest BCUT2D eigenvalue weighted by Gasteiger charge is -2.34. The number of aryl methyl sites for hydroxylation is 4. The molecule has 0 unspecified atom stereocenters. The Labute approximate surface area is 798 Å². The lowest BCUT2D eigenvalue weighted by molar-refractivity contribution is -0.188. The second-order valence-electron chi connectivity index (χ2n) is 30.1. The highest BCUT2D eigenvalue weighted by atomic mass is 16.7. The van der Waals surface area contributed by atoms with Crippen LogP contribution in [0.2, 0.25) is 0 Å². The third-order valence-corrected chi connectivity index (χ3v) is 18.5. The molecule has 0 saturated carbocycles. The summed E-state index contributed by atoms with van der Waals surface area (Å²) < 4.78 is 77.2. The van der Waals surface area contributed by atoms with E-state index in [2.05, 4.69) is 95.9 Å². The Bertz CT molecular complexity index is 3970. The van der Waals surface area contributed by atoms with Crippen LogP contribution in [-0.2, 0) is 174 Å². The van der Waals surface area contributed by atoms with E-state index in [1.54, 1.807) is 0 Å². The summed E-state index contributed by atoms with van der Waals surface area (Å²) in [4.78, 5) is 201. The summed E-state index contributed by atoms with van der Waals surface area (Å²) in [6.07, 6.45) is -0.548. The molecule has 138 heavy (non-hydrogen) atoms. The lowest BCUT2D eigenvalue weighted by Crippen LogP contribution is -2.60. The summed E-state index contributed by atoms with van der Waals surface area (Å²) in [6.45, 7) is 8.88. The number of hydroxylamine groups is 7. The van der Waals surface area contributed by atoms with Crippen molar-refractivity contribution in [2.75, 3.05) is 162 Å². The second-order valence-corrected chi connectivity index (χ2v) is 30.1. The highest BCUT2D eigenvalue weighted by Gasteiger charge is 2.38. The number of nitrogens with two attached hydrogens (primary N) is 2. The molecule has 4 aromatic carbocycles. The van der Waals surface area contributed by atoms with Crippen molar-refractivity contribution in [3.05, 3.63) is 142 Å². The lowest BCUT2D eigenvalue weighted by atomic mass is 10.0. The molecule has 49 nitrogen and oxygen atoms in total. The summed E-state index contributed by atoms with van der Waals surface area (Å²) in [5.41, 5.74) is 21.0. The number of amides is 12. The third kappa shape index (κ3) is 58.5. The molecule has 0 bridgehead atoms. The van der Waals surface area contributed by atoms with Crippen LogP contribution in [0.1, 0.15) is 128 Å². The minimum absolute atomic E-state index is 0.0125. The zero-order chi connectivity index (χ0) is 103. The molecule has 0 spiro atoms. The van der Waals surface area contributed by atoms with Crippen LogP contribution >= 0.6 is 0 Å². The van der Waals surface area contributed by atoms with E-state index < -0.39 is 112 Å². The van der Waals surface area contributed by atoms with E-state index in [-0.39, 0.29) is 229 Å². The number of carbonyl (C=O) groups is 17. The average Bonchev–Trinajstić information content (AvgIpc) is 1.83. The number of nitrogens with zero attached hydrogens (tertiary/aromatic N) is 2. The van der Waals surface area contributed by atoms with Crippen molar-refractivity contribution in [1.82, 2.24) is 53.2 Å². The van der Waals surface area contributed by atoms with Gasteiger partial charge in [0.1, 0.15) is 11.1 Å².